The molecular formula is C21H27ClN6S. The van der Waals surface area contributed by atoms with E-state index in [9.17, 15) is 0 Å². The number of aromatic nitrogens is 4. The molecule has 0 aliphatic rings. The molecule has 0 fully saturated rings. The second-order valence-electron chi connectivity index (χ2n) is 7.92. The summed E-state index contributed by atoms with van der Waals surface area (Å²) in [5.74, 6) is 1.26. The third-order valence-electron chi connectivity index (χ3n) is 4.61. The molecule has 0 aliphatic carbocycles. The summed E-state index contributed by atoms with van der Waals surface area (Å²) in [5.41, 5.74) is 2.94. The van der Waals surface area contributed by atoms with E-state index in [1.165, 1.54) is 4.88 Å². The molecule has 0 unspecified atom stereocenters. The summed E-state index contributed by atoms with van der Waals surface area (Å²) in [4.78, 5) is 19.1. The van der Waals surface area contributed by atoms with Crippen LogP contribution in [0.4, 0.5) is 11.8 Å². The van der Waals surface area contributed by atoms with E-state index < -0.39 is 0 Å². The summed E-state index contributed by atoms with van der Waals surface area (Å²) in [5, 5.41) is 8.24. The first-order valence-corrected chi connectivity index (χ1v) is 10.8. The SMILES string of the molecule is Cc1nc(C)c(CNc2nc(NCC(C)(C)Cc3ccccn3)nc(Cl)c2C)s1. The Labute approximate surface area is 181 Å². The Kier molecular flexibility index (Phi) is 6.70. The molecule has 29 heavy (non-hydrogen) atoms. The molecule has 0 aromatic carbocycles. The first-order chi connectivity index (χ1) is 13.7. The van der Waals surface area contributed by atoms with Crippen LogP contribution in [0.5, 0.6) is 0 Å². The molecular weight excluding hydrogens is 404 g/mol. The number of anilines is 2. The quantitative estimate of drug-likeness (QED) is 0.478. The number of hydrogen-bond acceptors (Lipinski definition) is 7. The van der Waals surface area contributed by atoms with Crippen LogP contribution in [-0.4, -0.2) is 26.5 Å². The number of aryl methyl sites for hydroxylation is 2. The van der Waals surface area contributed by atoms with Crippen LogP contribution in [0.1, 0.15) is 40.7 Å². The smallest absolute Gasteiger partial charge is 0.226 e. The van der Waals surface area contributed by atoms with Crippen LogP contribution >= 0.6 is 22.9 Å². The number of nitrogens with one attached hydrogen (secondary N) is 2. The molecule has 0 amide bonds. The minimum atomic E-state index is -0.0139. The van der Waals surface area contributed by atoms with Crippen LogP contribution in [0.25, 0.3) is 0 Å². The van der Waals surface area contributed by atoms with Gasteiger partial charge in [0.2, 0.25) is 5.95 Å². The third kappa shape index (κ3) is 5.87. The first-order valence-electron chi connectivity index (χ1n) is 9.58. The number of halogens is 1. The van der Waals surface area contributed by atoms with Crippen LogP contribution in [0.15, 0.2) is 24.4 Å². The van der Waals surface area contributed by atoms with Gasteiger partial charge in [-0.05, 0) is 44.7 Å². The molecule has 154 valence electrons. The molecule has 3 rings (SSSR count). The molecule has 0 bridgehead atoms. The van der Waals surface area contributed by atoms with Gasteiger partial charge in [-0.1, -0.05) is 31.5 Å². The average molecular weight is 431 g/mol. The van der Waals surface area contributed by atoms with Gasteiger partial charge in [0.25, 0.3) is 0 Å². The Bertz CT molecular complexity index is 971. The van der Waals surface area contributed by atoms with E-state index in [4.69, 9.17) is 11.6 Å². The van der Waals surface area contributed by atoms with Gasteiger partial charge in [-0.3, -0.25) is 4.98 Å². The molecule has 8 heteroatoms. The highest BCUT2D eigenvalue weighted by atomic mass is 35.5. The molecule has 0 radical (unpaired) electrons. The molecule has 2 N–H and O–H groups in total. The molecule has 0 saturated carbocycles. The van der Waals surface area contributed by atoms with Crippen molar-refractivity contribution in [1.82, 2.24) is 19.9 Å². The van der Waals surface area contributed by atoms with Gasteiger partial charge in [-0.2, -0.15) is 4.98 Å². The van der Waals surface area contributed by atoms with E-state index >= 15 is 0 Å². The van der Waals surface area contributed by atoms with Gasteiger partial charge in [0.05, 0.1) is 17.2 Å². The number of rotatable bonds is 8. The second kappa shape index (κ2) is 9.05. The zero-order valence-corrected chi connectivity index (χ0v) is 19.1. The van der Waals surface area contributed by atoms with Gasteiger partial charge in [0, 0.05) is 28.9 Å². The van der Waals surface area contributed by atoms with Crippen LogP contribution in [-0.2, 0) is 13.0 Å². The first kappa shape index (κ1) is 21.5. The molecule has 0 atom stereocenters. The minimum Gasteiger partial charge on any atom is -0.365 e. The van der Waals surface area contributed by atoms with Crippen LogP contribution < -0.4 is 10.6 Å². The molecule has 0 aliphatic heterocycles. The fourth-order valence-electron chi connectivity index (χ4n) is 3.02. The van der Waals surface area contributed by atoms with Crippen LogP contribution in [0.2, 0.25) is 5.15 Å². The highest BCUT2D eigenvalue weighted by Crippen LogP contribution is 2.26. The second-order valence-corrected chi connectivity index (χ2v) is 9.57. The van der Waals surface area contributed by atoms with Gasteiger partial charge in [-0.25, -0.2) is 9.97 Å². The maximum absolute atomic E-state index is 6.37. The predicted molar refractivity (Wildman–Crippen MR) is 121 cm³/mol. The van der Waals surface area contributed by atoms with E-state index in [-0.39, 0.29) is 5.41 Å². The Balaban J connectivity index is 1.67. The monoisotopic (exact) mass is 430 g/mol. The van der Waals surface area contributed by atoms with Crippen molar-refractivity contribution in [1.29, 1.82) is 0 Å². The molecule has 0 saturated heterocycles. The van der Waals surface area contributed by atoms with E-state index in [0.717, 1.165) is 34.2 Å². The van der Waals surface area contributed by atoms with Gasteiger partial charge in [-0.15, -0.1) is 11.3 Å². The van der Waals surface area contributed by atoms with Crippen molar-refractivity contribution >= 4 is 34.7 Å². The van der Waals surface area contributed by atoms with E-state index in [2.05, 4.69) is 44.4 Å². The van der Waals surface area contributed by atoms with Crippen molar-refractivity contribution in [2.24, 2.45) is 5.41 Å². The maximum atomic E-state index is 6.37. The third-order valence-corrected chi connectivity index (χ3v) is 6.05. The Morgan fingerprint density at radius 2 is 1.86 bits per heavy atom. The van der Waals surface area contributed by atoms with Crippen LogP contribution in [0, 0.1) is 26.2 Å². The Morgan fingerprint density at radius 3 is 2.52 bits per heavy atom. The minimum absolute atomic E-state index is 0.0139. The molecule has 3 aromatic heterocycles. The van der Waals surface area contributed by atoms with Gasteiger partial charge in [0.1, 0.15) is 11.0 Å². The lowest BCUT2D eigenvalue weighted by molar-refractivity contribution is 0.384. The molecule has 6 nitrogen and oxygen atoms in total. The van der Waals surface area contributed by atoms with Gasteiger partial charge in [0.15, 0.2) is 0 Å². The lowest BCUT2D eigenvalue weighted by Gasteiger charge is -2.25. The molecule has 3 aromatic rings. The Morgan fingerprint density at radius 1 is 1.07 bits per heavy atom. The lowest BCUT2D eigenvalue weighted by Crippen LogP contribution is -2.27. The standard InChI is InChI=1S/C21H27ClN6S/c1-13-18(22)27-20(25-12-21(4,5)10-16-8-6-7-9-23-16)28-19(13)24-11-17-14(2)26-15(3)29-17/h6-9H,10-12H2,1-5H3,(H2,24,25,27,28). The molecule has 3 heterocycles. The summed E-state index contributed by atoms with van der Waals surface area (Å²) in [6.45, 7) is 11.7. The summed E-state index contributed by atoms with van der Waals surface area (Å²) >= 11 is 8.06. The van der Waals surface area contributed by atoms with E-state index in [1.54, 1.807) is 11.3 Å². The van der Waals surface area contributed by atoms with Gasteiger partial charge >= 0.3 is 0 Å². The normalized spacial score (nSPS) is 11.5. The summed E-state index contributed by atoms with van der Waals surface area (Å²) in [6.07, 6.45) is 2.68. The highest BCUT2D eigenvalue weighted by Gasteiger charge is 2.20. The topological polar surface area (TPSA) is 75.6 Å². The van der Waals surface area contributed by atoms with Crippen molar-refractivity contribution in [2.45, 2.75) is 47.6 Å². The van der Waals surface area contributed by atoms with Crippen LogP contribution in [0.3, 0.4) is 0 Å². The zero-order valence-electron chi connectivity index (χ0n) is 17.5. The number of pyridine rings is 1. The zero-order chi connectivity index (χ0) is 21.0. The Hall–Kier alpha value is -2.25. The van der Waals surface area contributed by atoms with Crippen molar-refractivity contribution < 1.29 is 0 Å². The molecule has 0 spiro atoms. The maximum Gasteiger partial charge on any atom is 0.226 e. The summed E-state index contributed by atoms with van der Waals surface area (Å²) in [6, 6.07) is 5.99. The lowest BCUT2D eigenvalue weighted by atomic mass is 9.87. The van der Waals surface area contributed by atoms with Crippen molar-refractivity contribution in [3.63, 3.8) is 0 Å². The number of nitrogens with zero attached hydrogens (tertiary/aromatic N) is 4. The predicted octanol–water partition coefficient (Wildman–Crippen LogP) is 5.20. The number of thiazole rings is 1. The largest absolute Gasteiger partial charge is 0.365 e. The summed E-state index contributed by atoms with van der Waals surface area (Å²) < 4.78 is 0. The fourth-order valence-corrected chi connectivity index (χ4v) is 4.06. The fraction of sp³-hybridized carbons (Fsp3) is 0.429. The average Bonchev–Trinajstić information content (AvgIpc) is 2.99. The van der Waals surface area contributed by atoms with Crippen molar-refractivity contribution in [3.05, 3.63) is 56.4 Å². The summed E-state index contributed by atoms with van der Waals surface area (Å²) in [7, 11) is 0. The van der Waals surface area contributed by atoms with E-state index in [1.807, 2.05) is 45.2 Å². The van der Waals surface area contributed by atoms with Crippen molar-refractivity contribution in [2.75, 3.05) is 17.2 Å². The number of hydrogen-bond donors (Lipinski definition) is 2. The van der Waals surface area contributed by atoms with Gasteiger partial charge < -0.3 is 10.6 Å². The van der Waals surface area contributed by atoms with E-state index in [0.29, 0.717) is 24.2 Å². The highest BCUT2D eigenvalue weighted by molar-refractivity contribution is 7.11. The van der Waals surface area contributed by atoms with Crippen molar-refractivity contribution in [3.8, 4) is 0 Å².